The molecule has 5 heterocycles. The molecule has 0 aliphatic carbocycles. The SMILES string of the molecule is COc1ccc([C@H](Cc2c(Cl)c[n+](O)cc2Cl)OC(=O)c2ccc(CNC(C(=O)O[C@H]3CN4CCC3CC4)c3cccnc3)cc2)cc1OC.O=C[O-]. The van der Waals surface area contributed by atoms with Gasteiger partial charge >= 0.3 is 11.9 Å². The van der Waals surface area contributed by atoms with E-state index in [0.717, 1.165) is 42.8 Å². The summed E-state index contributed by atoms with van der Waals surface area (Å²) in [5.41, 5.74) is 3.00. The fraction of sp³-hybridized carbons (Fsp3) is 0.342. The molecule has 3 atom stereocenters. The van der Waals surface area contributed by atoms with Gasteiger partial charge in [0.15, 0.2) is 11.5 Å². The van der Waals surface area contributed by atoms with E-state index in [4.69, 9.17) is 52.1 Å². The molecule has 0 amide bonds. The molecule has 7 rings (SSSR count). The fourth-order valence-corrected chi connectivity index (χ4v) is 7.13. The number of pyridine rings is 2. The number of benzene rings is 2. The average molecular weight is 768 g/mol. The summed E-state index contributed by atoms with van der Waals surface area (Å²) in [5, 5.41) is 21.9. The van der Waals surface area contributed by atoms with Gasteiger partial charge in [-0.05, 0) is 78.9 Å². The number of carboxylic acid groups (broad SMARTS) is 1. The molecule has 1 unspecified atom stereocenters. The maximum Gasteiger partial charge on any atom is 0.338 e. The highest BCUT2D eigenvalue weighted by molar-refractivity contribution is 6.35. The third-order valence-electron chi connectivity index (χ3n) is 9.30. The van der Waals surface area contributed by atoms with Crippen molar-refractivity contribution < 1.29 is 48.4 Å². The number of methoxy groups -OCH3 is 2. The van der Waals surface area contributed by atoms with Crippen molar-refractivity contribution >= 4 is 41.6 Å². The second kappa shape index (κ2) is 18.7. The summed E-state index contributed by atoms with van der Waals surface area (Å²) in [4.78, 5) is 41.9. The number of esters is 2. The number of rotatable bonds is 13. The number of ether oxygens (including phenoxy) is 4. The summed E-state index contributed by atoms with van der Waals surface area (Å²) in [6.45, 7) is 2.73. The van der Waals surface area contributed by atoms with E-state index < -0.39 is 24.6 Å². The van der Waals surface area contributed by atoms with Gasteiger partial charge in [-0.2, -0.15) is 0 Å². The van der Waals surface area contributed by atoms with Crippen molar-refractivity contribution in [3.05, 3.63) is 117 Å². The molecule has 3 aliphatic rings. The van der Waals surface area contributed by atoms with E-state index in [1.54, 1.807) is 60.9 Å². The van der Waals surface area contributed by atoms with Crippen molar-refractivity contribution in [3.8, 4) is 11.5 Å². The van der Waals surface area contributed by atoms with Gasteiger partial charge in [0.1, 0.15) is 28.3 Å². The zero-order chi connectivity index (χ0) is 37.9. The van der Waals surface area contributed by atoms with Crippen molar-refractivity contribution in [1.29, 1.82) is 0 Å². The number of hydrogen-bond donors (Lipinski definition) is 2. The van der Waals surface area contributed by atoms with Crippen LogP contribution in [0.15, 0.2) is 79.4 Å². The molecule has 0 radical (unpaired) electrons. The Balaban J connectivity index is 0.00000175. The van der Waals surface area contributed by atoms with Gasteiger partial charge in [0.25, 0.3) is 0 Å². The number of piperidine rings is 3. The summed E-state index contributed by atoms with van der Waals surface area (Å²) in [6, 6.07) is 15.1. The molecule has 3 saturated heterocycles. The van der Waals surface area contributed by atoms with Crippen LogP contribution >= 0.6 is 23.2 Å². The minimum Gasteiger partial charge on any atom is -0.554 e. The Labute approximate surface area is 316 Å². The minimum atomic E-state index is -0.823. The Kier molecular flexibility index (Phi) is 13.9. The zero-order valence-corrected chi connectivity index (χ0v) is 30.7. The number of nitrogens with one attached hydrogen (secondary N) is 1. The second-order valence-corrected chi connectivity index (χ2v) is 13.3. The quantitative estimate of drug-likeness (QED) is 0.0875. The van der Waals surface area contributed by atoms with Crippen LogP contribution in [0.25, 0.3) is 0 Å². The van der Waals surface area contributed by atoms with Crippen LogP contribution in [0.5, 0.6) is 11.5 Å². The van der Waals surface area contributed by atoms with E-state index >= 15 is 0 Å². The Bertz CT molecular complexity index is 1840. The average Bonchev–Trinajstić information content (AvgIpc) is 3.17. The zero-order valence-electron chi connectivity index (χ0n) is 29.2. The van der Waals surface area contributed by atoms with Crippen molar-refractivity contribution in [3.63, 3.8) is 0 Å². The van der Waals surface area contributed by atoms with Crippen molar-refractivity contribution in [2.75, 3.05) is 33.9 Å². The lowest BCUT2D eigenvalue weighted by Crippen LogP contribution is -2.52. The summed E-state index contributed by atoms with van der Waals surface area (Å²) in [7, 11) is 3.05. The van der Waals surface area contributed by atoms with Gasteiger partial charge < -0.3 is 28.8 Å². The van der Waals surface area contributed by atoms with E-state index in [0.29, 0.717) is 46.2 Å². The molecule has 3 fully saturated rings. The highest BCUT2D eigenvalue weighted by atomic mass is 35.5. The molecular formula is C38H40Cl2N4O9. The van der Waals surface area contributed by atoms with E-state index in [9.17, 15) is 14.8 Å². The van der Waals surface area contributed by atoms with Crippen molar-refractivity contribution in [2.45, 2.75) is 44.1 Å². The first-order chi connectivity index (χ1) is 25.6. The number of aromatic nitrogens is 2. The van der Waals surface area contributed by atoms with Gasteiger partial charge in [-0.1, -0.05) is 47.5 Å². The number of nitrogens with zero attached hydrogens (tertiary/aromatic N) is 3. The molecule has 0 spiro atoms. The van der Waals surface area contributed by atoms with E-state index in [2.05, 4.69) is 15.2 Å². The molecule has 2 bridgehead atoms. The number of fused-ring (bicyclic) bond motifs is 3. The first-order valence-corrected chi connectivity index (χ1v) is 17.6. The predicted octanol–water partition coefficient (Wildman–Crippen LogP) is 3.91. The molecule has 2 N–H and O–H groups in total. The Hall–Kier alpha value is -4.95. The maximum absolute atomic E-state index is 13.5. The molecule has 2 aromatic carbocycles. The first kappa shape index (κ1) is 39.3. The number of carbonyl (C=O) groups is 3. The molecule has 4 aromatic rings. The second-order valence-electron chi connectivity index (χ2n) is 12.5. The van der Waals surface area contributed by atoms with E-state index in [1.807, 2.05) is 6.07 Å². The normalized spacial score (nSPS) is 18.5. The van der Waals surface area contributed by atoms with Crippen LogP contribution in [-0.2, 0) is 32.0 Å². The summed E-state index contributed by atoms with van der Waals surface area (Å²) < 4.78 is 23.7. The topological polar surface area (TPSA) is 163 Å². The summed E-state index contributed by atoms with van der Waals surface area (Å²) in [6.07, 6.45) is 7.22. The van der Waals surface area contributed by atoms with Crippen LogP contribution in [0.3, 0.4) is 0 Å². The third kappa shape index (κ3) is 10.1. The fourth-order valence-electron chi connectivity index (χ4n) is 6.52. The minimum absolute atomic E-state index is 0.112. The molecule has 0 saturated carbocycles. The Morgan fingerprint density at radius 2 is 1.72 bits per heavy atom. The van der Waals surface area contributed by atoms with Crippen LogP contribution in [0, 0.1) is 5.92 Å². The van der Waals surface area contributed by atoms with E-state index in [1.165, 1.54) is 26.6 Å². The van der Waals surface area contributed by atoms with Crippen LogP contribution < -0.4 is 24.6 Å². The number of halogens is 2. The largest absolute Gasteiger partial charge is 0.554 e. The maximum atomic E-state index is 13.5. The third-order valence-corrected chi connectivity index (χ3v) is 9.95. The molecule has 3 aliphatic heterocycles. The lowest BCUT2D eigenvalue weighted by molar-refractivity contribution is -0.904. The molecule has 2 aromatic heterocycles. The Morgan fingerprint density at radius 1 is 1.04 bits per heavy atom. The predicted molar refractivity (Wildman–Crippen MR) is 191 cm³/mol. The Morgan fingerprint density at radius 3 is 2.30 bits per heavy atom. The van der Waals surface area contributed by atoms with Crippen LogP contribution in [-0.4, -0.2) is 73.5 Å². The van der Waals surface area contributed by atoms with Crippen LogP contribution in [0.2, 0.25) is 10.0 Å². The smallest absolute Gasteiger partial charge is 0.338 e. The van der Waals surface area contributed by atoms with Gasteiger partial charge in [0.05, 0.1) is 19.8 Å². The van der Waals surface area contributed by atoms with Gasteiger partial charge in [-0.15, -0.1) is 0 Å². The summed E-state index contributed by atoms with van der Waals surface area (Å²) >= 11 is 12.9. The summed E-state index contributed by atoms with van der Waals surface area (Å²) in [5.74, 6) is 0.468. The lowest BCUT2D eigenvalue weighted by atomic mass is 9.86. The van der Waals surface area contributed by atoms with E-state index in [-0.39, 0.29) is 28.5 Å². The number of hydrogen-bond acceptors (Lipinski definition) is 12. The highest BCUT2D eigenvalue weighted by Gasteiger charge is 2.38. The molecule has 15 heteroatoms. The van der Waals surface area contributed by atoms with Crippen molar-refractivity contribution in [2.24, 2.45) is 5.92 Å². The molecular weight excluding hydrogens is 727 g/mol. The molecule has 13 nitrogen and oxygen atoms in total. The van der Waals surface area contributed by atoms with Gasteiger partial charge in [-0.25, -0.2) is 9.59 Å². The monoisotopic (exact) mass is 766 g/mol. The van der Waals surface area contributed by atoms with Crippen molar-refractivity contribution in [1.82, 2.24) is 15.2 Å². The molecule has 280 valence electrons. The highest BCUT2D eigenvalue weighted by Crippen LogP contribution is 2.36. The first-order valence-electron chi connectivity index (χ1n) is 16.9. The van der Waals surface area contributed by atoms with Gasteiger partial charge in [0, 0.05) is 48.7 Å². The number of carbonyl (C=O) groups excluding carboxylic acids is 3. The molecule has 53 heavy (non-hydrogen) atoms. The lowest BCUT2D eigenvalue weighted by Gasteiger charge is -2.44. The van der Waals surface area contributed by atoms with Crippen LogP contribution in [0.4, 0.5) is 0 Å². The van der Waals surface area contributed by atoms with Gasteiger partial charge in [0.2, 0.25) is 12.4 Å². The van der Waals surface area contributed by atoms with Crippen LogP contribution in [0.1, 0.15) is 57.6 Å². The standard InChI is InChI=1S/C37H39Cl2N4O7.CH2O2/c1-47-31-10-9-26(16-33(31)48-2)32(17-28-29(38)20-43(46)21-30(28)39)49-36(44)25-7-5-23(6-8-25)18-41-35(27-4-3-13-40-19-27)37(45)50-34-22-42-14-11-24(34)12-15-42;2-1-3/h3-10,13,16,19-21,24,32,34-35,41,46H,11-12,14-15,17-18,22H2,1-2H3;1H,(H,2,3)/q+1;/p-1/t32-,34-,35?;/m0./s1. The van der Waals surface area contributed by atoms with Gasteiger partial charge in [-0.3, -0.25) is 20.4 Å².